The third-order valence-electron chi connectivity index (χ3n) is 4.39. The van der Waals surface area contributed by atoms with Crippen molar-refractivity contribution in [3.05, 3.63) is 63.1 Å². The van der Waals surface area contributed by atoms with Gasteiger partial charge in [-0.3, -0.25) is 0 Å². The molecule has 0 heterocycles. The molecular weight excluding hydrogens is 365 g/mol. The van der Waals surface area contributed by atoms with Crippen LogP contribution in [0.15, 0.2) is 41.3 Å². The molecule has 3 rings (SSSR count). The second kappa shape index (κ2) is 7.04. The molecule has 0 aromatic heterocycles. The number of hydrogen-bond acceptors (Lipinski definition) is 2. The van der Waals surface area contributed by atoms with E-state index in [-0.39, 0.29) is 21.0 Å². The van der Waals surface area contributed by atoms with E-state index >= 15 is 0 Å². The summed E-state index contributed by atoms with van der Waals surface area (Å²) in [7, 11) is -3.80. The van der Waals surface area contributed by atoms with Gasteiger partial charge in [-0.05, 0) is 61.4 Å². The molecule has 128 valence electrons. The third-order valence-corrected chi connectivity index (χ3v) is 6.89. The van der Waals surface area contributed by atoms with Crippen LogP contribution in [0.5, 0.6) is 0 Å². The zero-order chi connectivity index (χ0) is 17.3. The van der Waals surface area contributed by atoms with Gasteiger partial charge in [-0.2, -0.15) is 0 Å². The van der Waals surface area contributed by atoms with Gasteiger partial charge in [-0.25, -0.2) is 13.1 Å². The van der Waals surface area contributed by atoms with Crippen LogP contribution in [0.2, 0.25) is 10.0 Å². The second-order valence-corrected chi connectivity index (χ2v) is 8.59. The molecule has 0 saturated heterocycles. The number of rotatable bonds is 4. The Kier molecular flexibility index (Phi) is 5.21. The standard InChI is InChI=1S/C18H19Cl2NO2S/c1-12(14-10-9-13-5-2-3-6-15(13)11-14)21-24(22,23)18-16(19)7-4-8-17(18)20/h4,7-12,21H,2-3,5-6H2,1H3/t12-/m1/s1. The average Bonchev–Trinajstić information content (AvgIpc) is 2.53. The zero-order valence-corrected chi connectivity index (χ0v) is 15.7. The van der Waals surface area contributed by atoms with Gasteiger partial charge in [0.1, 0.15) is 4.90 Å². The summed E-state index contributed by atoms with van der Waals surface area (Å²) in [6.07, 6.45) is 4.56. The molecule has 0 spiro atoms. The quantitative estimate of drug-likeness (QED) is 0.814. The van der Waals surface area contributed by atoms with Gasteiger partial charge >= 0.3 is 0 Å². The Balaban J connectivity index is 1.87. The fourth-order valence-electron chi connectivity index (χ4n) is 3.12. The van der Waals surface area contributed by atoms with Crippen LogP contribution in [0.3, 0.4) is 0 Å². The number of sulfonamides is 1. The Morgan fingerprint density at radius 2 is 1.62 bits per heavy atom. The molecule has 6 heteroatoms. The maximum Gasteiger partial charge on any atom is 0.244 e. The molecule has 1 aliphatic carbocycles. The average molecular weight is 384 g/mol. The van der Waals surface area contributed by atoms with Crippen LogP contribution >= 0.6 is 23.2 Å². The van der Waals surface area contributed by atoms with E-state index in [4.69, 9.17) is 23.2 Å². The summed E-state index contributed by atoms with van der Waals surface area (Å²) < 4.78 is 28.0. The Hall–Kier alpha value is -1.07. The number of aryl methyl sites for hydroxylation is 2. The summed E-state index contributed by atoms with van der Waals surface area (Å²) in [5, 5.41) is 0.236. The molecule has 3 nitrogen and oxygen atoms in total. The molecule has 0 saturated carbocycles. The van der Waals surface area contributed by atoms with Gasteiger partial charge in [0.05, 0.1) is 10.0 Å². The molecule has 1 atom stereocenters. The summed E-state index contributed by atoms with van der Waals surface area (Å²) in [4.78, 5) is -0.0712. The minimum atomic E-state index is -3.80. The number of benzene rings is 2. The van der Waals surface area contributed by atoms with Gasteiger partial charge in [0.15, 0.2) is 0 Å². The van der Waals surface area contributed by atoms with E-state index in [2.05, 4.69) is 16.9 Å². The minimum Gasteiger partial charge on any atom is -0.207 e. The number of fused-ring (bicyclic) bond motifs is 1. The lowest BCUT2D eigenvalue weighted by molar-refractivity contribution is 0.566. The smallest absolute Gasteiger partial charge is 0.207 e. The summed E-state index contributed by atoms with van der Waals surface area (Å²) in [5.41, 5.74) is 3.64. The summed E-state index contributed by atoms with van der Waals surface area (Å²) in [6, 6.07) is 10.5. The zero-order valence-electron chi connectivity index (χ0n) is 13.4. The topological polar surface area (TPSA) is 46.2 Å². The van der Waals surface area contributed by atoms with Gasteiger partial charge in [0.2, 0.25) is 10.0 Å². The lowest BCUT2D eigenvalue weighted by Gasteiger charge is -2.20. The van der Waals surface area contributed by atoms with Crippen LogP contribution in [0.4, 0.5) is 0 Å². The first kappa shape index (κ1) is 17.7. The Morgan fingerprint density at radius 3 is 2.29 bits per heavy atom. The lowest BCUT2D eigenvalue weighted by atomic mass is 9.89. The first-order valence-corrected chi connectivity index (χ1v) is 10.2. The number of nitrogens with one attached hydrogen (secondary N) is 1. The summed E-state index contributed by atoms with van der Waals surface area (Å²) >= 11 is 12.1. The largest absolute Gasteiger partial charge is 0.244 e. The fourth-order valence-corrected chi connectivity index (χ4v) is 5.50. The molecule has 0 aliphatic heterocycles. The monoisotopic (exact) mass is 383 g/mol. The Morgan fingerprint density at radius 1 is 1.00 bits per heavy atom. The highest BCUT2D eigenvalue weighted by Crippen LogP contribution is 2.31. The molecule has 2 aromatic rings. The molecule has 2 aromatic carbocycles. The van der Waals surface area contributed by atoms with Gasteiger partial charge < -0.3 is 0 Å². The van der Waals surface area contributed by atoms with E-state index in [1.807, 2.05) is 13.0 Å². The van der Waals surface area contributed by atoms with Crippen LogP contribution in [0, 0.1) is 0 Å². The fraction of sp³-hybridized carbons (Fsp3) is 0.333. The van der Waals surface area contributed by atoms with Crippen molar-refractivity contribution in [3.8, 4) is 0 Å². The van der Waals surface area contributed by atoms with E-state index < -0.39 is 10.0 Å². The van der Waals surface area contributed by atoms with Crippen LogP contribution < -0.4 is 4.72 Å². The van der Waals surface area contributed by atoms with E-state index in [9.17, 15) is 8.42 Å². The van der Waals surface area contributed by atoms with Crippen molar-refractivity contribution in [2.24, 2.45) is 0 Å². The second-order valence-electron chi connectivity index (χ2n) is 6.13. The highest BCUT2D eigenvalue weighted by Gasteiger charge is 2.24. The third kappa shape index (κ3) is 3.62. The van der Waals surface area contributed by atoms with Crippen molar-refractivity contribution in [2.45, 2.75) is 43.5 Å². The molecule has 0 unspecified atom stereocenters. The van der Waals surface area contributed by atoms with Crippen molar-refractivity contribution >= 4 is 33.2 Å². The summed E-state index contributed by atoms with van der Waals surface area (Å²) in [6.45, 7) is 1.83. The van der Waals surface area contributed by atoms with E-state index in [1.165, 1.54) is 36.1 Å². The van der Waals surface area contributed by atoms with Gasteiger partial charge in [-0.1, -0.05) is 47.5 Å². The van der Waals surface area contributed by atoms with Crippen LogP contribution in [-0.4, -0.2) is 8.42 Å². The Labute approximate surface area is 153 Å². The maximum atomic E-state index is 12.7. The minimum absolute atomic E-state index is 0.0712. The molecule has 0 amide bonds. The number of halogens is 2. The highest BCUT2D eigenvalue weighted by atomic mass is 35.5. The molecule has 0 bridgehead atoms. The van der Waals surface area contributed by atoms with Crippen LogP contribution in [0.1, 0.15) is 42.5 Å². The van der Waals surface area contributed by atoms with E-state index in [0.29, 0.717) is 0 Å². The molecule has 0 radical (unpaired) electrons. The number of hydrogen-bond donors (Lipinski definition) is 1. The van der Waals surface area contributed by atoms with Crippen molar-refractivity contribution in [2.75, 3.05) is 0 Å². The van der Waals surface area contributed by atoms with Crippen molar-refractivity contribution < 1.29 is 8.42 Å². The summed E-state index contributed by atoms with van der Waals surface area (Å²) in [5.74, 6) is 0. The first-order valence-electron chi connectivity index (χ1n) is 7.96. The molecule has 1 aliphatic rings. The van der Waals surface area contributed by atoms with Gasteiger partial charge in [0.25, 0.3) is 0 Å². The van der Waals surface area contributed by atoms with Crippen molar-refractivity contribution in [1.29, 1.82) is 0 Å². The Bertz CT molecular complexity index is 845. The SMILES string of the molecule is C[C@@H](NS(=O)(=O)c1c(Cl)cccc1Cl)c1ccc2c(c1)CCCC2. The normalized spacial score (nSPS) is 15.8. The predicted octanol–water partition coefficient (Wildman–Crippen LogP) is 4.91. The van der Waals surface area contributed by atoms with Crippen molar-refractivity contribution in [3.63, 3.8) is 0 Å². The maximum absolute atomic E-state index is 12.7. The highest BCUT2D eigenvalue weighted by molar-refractivity contribution is 7.89. The van der Waals surface area contributed by atoms with Gasteiger partial charge in [-0.15, -0.1) is 0 Å². The molecular formula is C18H19Cl2NO2S. The predicted molar refractivity (Wildman–Crippen MR) is 98.3 cm³/mol. The lowest BCUT2D eigenvalue weighted by Crippen LogP contribution is -2.27. The van der Waals surface area contributed by atoms with Crippen LogP contribution in [0.25, 0.3) is 0 Å². The molecule has 1 N–H and O–H groups in total. The van der Waals surface area contributed by atoms with Crippen LogP contribution in [-0.2, 0) is 22.9 Å². The first-order chi connectivity index (χ1) is 11.4. The molecule has 0 fully saturated rings. The molecule has 24 heavy (non-hydrogen) atoms. The van der Waals surface area contributed by atoms with Gasteiger partial charge in [0, 0.05) is 6.04 Å². The van der Waals surface area contributed by atoms with Crippen molar-refractivity contribution in [1.82, 2.24) is 4.72 Å². The van der Waals surface area contributed by atoms with E-state index in [0.717, 1.165) is 18.4 Å². The van der Waals surface area contributed by atoms with E-state index in [1.54, 1.807) is 6.07 Å².